The first kappa shape index (κ1) is 21.4. The molecule has 0 saturated carbocycles. The molecule has 2 fully saturated rings. The summed E-state index contributed by atoms with van der Waals surface area (Å²) in [7, 11) is 1.76. The fourth-order valence-corrected chi connectivity index (χ4v) is 4.22. The van der Waals surface area contributed by atoms with Gasteiger partial charge in [-0.1, -0.05) is 6.07 Å². The van der Waals surface area contributed by atoms with Gasteiger partial charge in [0, 0.05) is 57.5 Å². The summed E-state index contributed by atoms with van der Waals surface area (Å²) >= 11 is 0. The van der Waals surface area contributed by atoms with Gasteiger partial charge < -0.3 is 25.6 Å². The highest BCUT2D eigenvalue weighted by Crippen LogP contribution is 2.25. The van der Waals surface area contributed by atoms with E-state index in [1.807, 2.05) is 6.07 Å². The molecule has 29 heavy (non-hydrogen) atoms. The van der Waals surface area contributed by atoms with E-state index >= 15 is 0 Å². The van der Waals surface area contributed by atoms with Crippen LogP contribution < -0.4 is 16.0 Å². The summed E-state index contributed by atoms with van der Waals surface area (Å²) in [6, 6.07) is 4.02. The normalized spacial score (nSPS) is 22.8. The standard InChI is InChI=1S/C21H34N6O2/c1-3-23-21(27-11-8-16(13-27)15-29-2)25-12-17-6-4-9-24-20(17)26-10-5-7-18(14-26)19(22)28/h4,6,9,16,18H,3,5,7-8,10-15H2,1-2H3,(H2,22,28)(H,23,25). The number of piperidine rings is 1. The fourth-order valence-electron chi connectivity index (χ4n) is 4.22. The first-order valence-electron chi connectivity index (χ1n) is 10.6. The summed E-state index contributed by atoms with van der Waals surface area (Å²) in [5.74, 6) is 2.07. The maximum atomic E-state index is 11.7. The molecule has 0 bridgehead atoms. The second-order valence-corrected chi connectivity index (χ2v) is 7.90. The molecule has 0 spiro atoms. The fraction of sp³-hybridized carbons (Fsp3) is 0.667. The van der Waals surface area contributed by atoms with Crippen molar-refractivity contribution in [3.63, 3.8) is 0 Å². The molecule has 160 valence electrons. The zero-order chi connectivity index (χ0) is 20.6. The Morgan fingerprint density at radius 3 is 3.00 bits per heavy atom. The number of primary amides is 1. The number of nitrogens with two attached hydrogens (primary N) is 1. The molecule has 2 aliphatic heterocycles. The van der Waals surface area contributed by atoms with Crippen LogP contribution in [0.25, 0.3) is 0 Å². The minimum absolute atomic E-state index is 0.109. The molecular formula is C21H34N6O2. The molecule has 0 aliphatic carbocycles. The number of rotatable bonds is 7. The Labute approximate surface area is 173 Å². The summed E-state index contributed by atoms with van der Waals surface area (Å²) in [5, 5.41) is 3.42. The number of pyridine rings is 1. The van der Waals surface area contributed by atoms with E-state index in [1.165, 1.54) is 0 Å². The second-order valence-electron chi connectivity index (χ2n) is 7.90. The van der Waals surface area contributed by atoms with Crippen LogP contribution in [0.15, 0.2) is 23.3 Å². The number of nitrogens with one attached hydrogen (secondary N) is 1. The number of methoxy groups -OCH3 is 1. The van der Waals surface area contributed by atoms with Crippen LogP contribution >= 0.6 is 0 Å². The molecule has 1 amide bonds. The molecule has 3 heterocycles. The van der Waals surface area contributed by atoms with Gasteiger partial charge in [-0.25, -0.2) is 9.98 Å². The van der Waals surface area contributed by atoms with Gasteiger partial charge in [0.05, 0.1) is 19.1 Å². The van der Waals surface area contributed by atoms with E-state index in [0.29, 0.717) is 19.0 Å². The number of carbonyl (C=O) groups excluding carboxylic acids is 1. The smallest absolute Gasteiger partial charge is 0.222 e. The van der Waals surface area contributed by atoms with Gasteiger partial charge in [0.25, 0.3) is 0 Å². The number of ether oxygens (including phenoxy) is 1. The van der Waals surface area contributed by atoms with Crippen molar-refractivity contribution in [1.82, 2.24) is 15.2 Å². The number of guanidine groups is 1. The van der Waals surface area contributed by atoms with Crippen LogP contribution in [0.1, 0.15) is 31.7 Å². The largest absolute Gasteiger partial charge is 0.384 e. The Bertz CT molecular complexity index is 710. The molecule has 1 aromatic rings. The Hall–Kier alpha value is -2.35. The van der Waals surface area contributed by atoms with Crippen molar-refractivity contribution in [3.05, 3.63) is 23.9 Å². The quantitative estimate of drug-likeness (QED) is 0.526. The molecule has 0 aromatic carbocycles. The molecule has 8 heteroatoms. The number of hydrogen-bond acceptors (Lipinski definition) is 5. The Balaban J connectivity index is 1.72. The Morgan fingerprint density at radius 1 is 1.38 bits per heavy atom. The topological polar surface area (TPSA) is 96.1 Å². The summed E-state index contributed by atoms with van der Waals surface area (Å²) in [6.45, 7) is 7.74. The van der Waals surface area contributed by atoms with Gasteiger partial charge in [0.2, 0.25) is 5.91 Å². The van der Waals surface area contributed by atoms with E-state index in [4.69, 9.17) is 15.5 Å². The highest BCUT2D eigenvalue weighted by Gasteiger charge is 2.27. The monoisotopic (exact) mass is 402 g/mol. The van der Waals surface area contributed by atoms with Crippen LogP contribution in [0.2, 0.25) is 0 Å². The minimum atomic E-state index is -0.223. The third kappa shape index (κ3) is 5.59. The van der Waals surface area contributed by atoms with Crippen LogP contribution in [0.4, 0.5) is 5.82 Å². The highest BCUT2D eigenvalue weighted by atomic mass is 16.5. The summed E-state index contributed by atoms with van der Waals surface area (Å²) in [4.78, 5) is 25.7. The molecule has 2 atom stereocenters. The first-order valence-corrected chi connectivity index (χ1v) is 10.6. The van der Waals surface area contributed by atoms with Gasteiger partial charge in [-0.2, -0.15) is 0 Å². The number of likely N-dealkylation sites (tertiary alicyclic amines) is 1. The summed E-state index contributed by atoms with van der Waals surface area (Å²) < 4.78 is 5.32. The van der Waals surface area contributed by atoms with Crippen molar-refractivity contribution in [2.75, 3.05) is 51.3 Å². The van der Waals surface area contributed by atoms with Crippen LogP contribution in [0, 0.1) is 11.8 Å². The average Bonchev–Trinajstić information content (AvgIpc) is 3.20. The van der Waals surface area contributed by atoms with Gasteiger partial charge in [0.1, 0.15) is 5.82 Å². The number of anilines is 1. The number of aromatic nitrogens is 1. The van der Waals surface area contributed by atoms with E-state index < -0.39 is 0 Å². The van der Waals surface area contributed by atoms with Crippen LogP contribution in [0.3, 0.4) is 0 Å². The lowest BCUT2D eigenvalue weighted by molar-refractivity contribution is -0.122. The van der Waals surface area contributed by atoms with Crippen LogP contribution in [-0.4, -0.2) is 68.2 Å². The Morgan fingerprint density at radius 2 is 2.24 bits per heavy atom. The van der Waals surface area contributed by atoms with Crippen molar-refractivity contribution in [1.29, 1.82) is 0 Å². The van der Waals surface area contributed by atoms with E-state index in [9.17, 15) is 4.79 Å². The predicted octanol–water partition coefficient (Wildman–Crippen LogP) is 1.22. The molecule has 8 nitrogen and oxygen atoms in total. The Kier molecular flexibility index (Phi) is 7.69. The minimum Gasteiger partial charge on any atom is -0.384 e. The molecule has 3 rings (SSSR count). The molecular weight excluding hydrogens is 368 g/mol. The van der Waals surface area contributed by atoms with E-state index in [1.54, 1.807) is 13.3 Å². The zero-order valence-electron chi connectivity index (χ0n) is 17.6. The highest BCUT2D eigenvalue weighted by molar-refractivity contribution is 5.80. The average molecular weight is 403 g/mol. The van der Waals surface area contributed by atoms with Gasteiger partial charge in [-0.3, -0.25) is 4.79 Å². The lowest BCUT2D eigenvalue weighted by Crippen LogP contribution is -2.42. The second kappa shape index (κ2) is 10.4. The van der Waals surface area contributed by atoms with E-state index in [-0.39, 0.29) is 11.8 Å². The summed E-state index contributed by atoms with van der Waals surface area (Å²) in [6.07, 6.45) is 4.73. The van der Waals surface area contributed by atoms with Crippen LogP contribution in [0.5, 0.6) is 0 Å². The van der Waals surface area contributed by atoms with Crippen molar-refractivity contribution < 1.29 is 9.53 Å². The molecule has 2 unspecified atom stereocenters. The van der Waals surface area contributed by atoms with Crippen molar-refractivity contribution in [2.45, 2.75) is 32.7 Å². The maximum Gasteiger partial charge on any atom is 0.222 e. The van der Waals surface area contributed by atoms with E-state index in [0.717, 1.165) is 69.4 Å². The number of carbonyl (C=O) groups is 1. The lowest BCUT2D eigenvalue weighted by Gasteiger charge is -2.33. The van der Waals surface area contributed by atoms with Gasteiger partial charge in [0.15, 0.2) is 5.96 Å². The predicted molar refractivity (Wildman–Crippen MR) is 115 cm³/mol. The van der Waals surface area contributed by atoms with Gasteiger partial charge in [-0.15, -0.1) is 0 Å². The molecule has 1 aromatic heterocycles. The number of aliphatic imine (C=N–C) groups is 1. The van der Waals surface area contributed by atoms with Gasteiger partial charge >= 0.3 is 0 Å². The van der Waals surface area contributed by atoms with Crippen molar-refractivity contribution in [2.24, 2.45) is 22.6 Å². The molecule has 0 radical (unpaired) electrons. The van der Waals surface area contributed by atoms with Crippen molar-refractivity contribution in [3.8, 4) is 0 Å². The van der Waals surface area contributed by atoms with Crippen LogP contribution in [-0.2, 0) is 16.1 Å². The van der Waals surface area contributed by atoms with Crippen molar-refractivity contribution >= 4 is 17.7 Å². The summed E-state index contributed by atoms with van der Waals surface area (Å²) in [5.41, 5.74) is 6.62. The number of hydrogen-bond donors (Lipinski definition) is 2. The number of amides is 1. The maximum absolute atomic E-state index is 11.7. The third-order valence-electron chi connectivity index (χ3n) is 5.71. The molecule has 3 N–H and O–H groups in total. The zero-order valence-corrected chi connectivity index (χ0v) is 17.6. The lowest BCUT2D eigenvalue weighted by atomic mass is 9.97. The first-order chi connectivity index (χ1) is 14.1. The number of nitrogens with zero attached hydrogens (tertiary/aromatic N) is 4. The SMILES string of the molecule is CCNC(=NCc1cccnc1N1CCCC(C(N)=O)C1)N1CCC(COC)C1. The molecule has 2 saturated heterocycles. The molecule has 2 aliphatic rings. The van der Waals surface area contributed by atoms with Gasteiger partial charge in [-0.05, 0) is 32.3 Å². The van der Waals surface area contributed by atoms with E-state index in [2.05, 4.69) is 33.1 Å². The third-order valence-corrected chi connectivity index (χ3v) is 5.71.